The number of amides is 6. The molecule has 0 aliphatic carbocycles. The van der Waals surface area contributed by atoms with Gasteiger partial charge in [0.05, 0.1) is 125 Å². The smallest absolute Gasteiger partial charge is 0.326 e. The van der Waals surface area contributed by atoms with Crippen molar-refractivity contribution in [1.29, 1.82) is 0 Å². The van der Waals surface area contributed by atoms with E-state index in [9.17, 15) is 38.7 Å². The zero-order chi connectivity index (χ0) is 53.3. The van der Waals surface area contributed by atoms with Crippen molar-refractivity contribution >= 4 is 74.7 Å². The molecule has 26 heteroatoms. The number of aliphatic carboxylic acids is 1. The van der Waals surface area contributed by atoms with E-state index in [-0.39, 0.29) is 41.4 Å². The van der Waals surface area contributed by atoms with Gasteiger partial charge in [-0.3, -0.25) is 29.3 Å². The molecular weight excluding hydrogens is 1010 g/mol. The number of thioether (sulfide) groups is 1. The molecule has 0 bridgehead atoms. The van der Waals surface area contributed by atoms with E-state index in [0.717, 1.165) is 16.9 Å². The number of carboxylic acids is 1. The first-order valence-electron chi connectivity index (χ1n) is 23.9. The Labute approximate surface area is 438 Å². The van der Waals surface area contributed by atoms with Gasteiger partial charge >= 0.3 is 12.0 Å². The highest BCUT2D eigenvalue weighted by atomic mass is 32.2. The van der Waals surface area contributed by atoms with Crippen molar-refractivity contribution in [3.05, 3.63) is 71.2 Å². The molecule has 0 saturated heterocycles. The standard InChI is InChI=1S/C48H69N7O17S2/c1-36(56)73-31-30-71-29-28-70-27-26-69-25-24-68-23-22-67-21-20-66-19-18-65-17-16-64-15-12-42(57)49-13-5-14-72-39-10-8-38(9-11-39)52-43(58)32-40(46(61)62)53-44(59)34-50-45(60)41-35-74-48(54-41)55-47(63)51-33-37-6-3-2-4-7-37/h2-4,6-11,35,40H,5,12-34H2,1H3,(H,49,57)(H,50,60)(H,52,58)(H,53,59)(H,61,62)(H2,51,54,55,63)/t40-/m0/s1. The van der Waals surface area contributed by atoms with Crippen LogP contribution in [0.4, 0.5) is 15.6 Å². The first-order valence-corrected chi connectivity index (χ1v) is 25.7. The van der Waals surface area contributed by atoms with Crippen LogP contribution in [-0.4, -0.2) is 188 Å². The molecule has 2 aromatic carbocycles. The predicted molar refractivity (Wildman–Crippen MR) is 273 cm³/mol. The number of carboxylic acid groups (broad SMARTS) is 1. The predicted octanol–water partition coefficient (Wildman–Crippen LogP) is 2.48. The molecule has 6 amide bonds. The highest BCUT2D eigenvalue weighted by Crippen LogP contribution is 2.17. The van der Waals surface area contributed by atoms with Gasteiger partial charge in [0.15, 0.2) is 10.2 Å². The van der Waals surface area contributed by atoms with Crippen molar-refractivity contribution in [3.63, 3.8) is 0 Å². The van der Waals surface area contributed by atoms with Gasteiger partial charge in [-0.2, -0.15) is 0 Å². The van der Waals surface area contributed by atoms with Crippen LogP contribution in [0.2, 0.25) is 0 Å². The number of anilines is 2. The van der Waals surface area contributed by atoms with Crippen molar-refractivity contribution in [1.82, 2.24) is 26.3 Å². The summed E-state index contributed by atoms with van der Waals surface area (Å²) in [6.45, 7) is 8.80. The number of nitrogens with zero attached hydrogens (tertiary/aromatic N) is 1. The fourth-order valence-electron chi connectivity index (χ4n) is 5.71. The number of urea groups is 1. The average Bonchev–Trinajstić information content (AvgIpc) is 3.85. The molecule has 3 rings (SSSR count). The molecule has 0 saturated carbocycles. The van der Waals surface area contributed by atoms with Gasteiger partial charge < -0.3 is 74.3 Å². The number of benzene rings is 2. The van der Waals surface area contributed by atoms with Crippen LogP contribution in [0.5, 0.6) is 5.75 Å². The molecule has 3 aromatic rings. The number of hydrogen-bond donors (Lipinski definition) is 7. The SMILES string of the molecule is CC(=O)SCCOCCOCCOCCOCCOCCOCCOCCOCCC(=O)NCCCOc1ccc(NC(=O)C[C@H](NC(=O)CNC(=O)c2csc(NC(=O)NCc3ccccc3)n2)C(=O)O)cc1. The Morgan fingerprint density at radius 2 is 1.18 bits per heavy atom. The van der Waals surface area contributed by atoms with Crippen LogP contribution in [0.3, 0.4) is 0 Å². The highest BCUT2D eigenvalue weighted by Gasteiger charge is 2.24. The van der Waals surface area contributed by atoms with E-state index in [0.29, 0.717) is 136 Å². The van der Waals surface area contributed by atoms with Crippen molar-refractivity contribution in [2.24, 2.45) is 0 Å². The number of thiazole rings is 1. The molecule has 0 radical (unpaired) electrons. The monoisotopic (exact) mass is 1080 g/mol. The lowest BCUT2D eigenvalue weighted by Crippen LogP contribution is -2.47. The Bertz CT molecular complexity index is 2070. The van der Waals surface area contributed by atoms with Gasteiger partial charge in [-0.15, -0.1) is 11.3 Å². The lowest BCUT2D eigenvalue weighted by Gasteiger charge is -2.15. The minimum atomic E-state index is -1.59. The average molecular weight is 1080 g/mol. The molecule has 0 aliphatic heterocycles. The maximum atomic E-state index is 12.7. The Morgan fingerprint density at radius 1 is 0.622 bits per heavy atom. The van der Waals surface area contributed by atoms with Crippen LogP contribution < -0.4 is 36.6 Å². The molecule has 0 spiro atoms. The summed E-state index contributed by atoms with van der Waals surface area (Å²) in [4.78, 5) is 88.7. The molecule has 0 unspecified atom stereocenters. The first-order chi connectivity index (χ1) is 36.0. The topological polar surface area (TPSA) is 308 Å². The van der Waals surface area contributed by atoms with E-state index in [4.69, 9.17) is 42.6 Å². The molecule has 410 valence electrons. The number of nitrogens with one attached hydrogen (secondary N) is 6. The first kappa shape index (κ1) is 62.5. The Morgan fingerprint density at radius 3 is 1.73 bits per heavy atom. The number of rotatable bonds is 43. The fourth-order valence-corrected chi connectivity index (χ4v) is 6.89. The van der Waals surface area contributed by atoms with Crippen molar-refractivity contribution in [3.8, 4) is 5.75 Å². The third-order valence-corrected chi connectivity index (χ3v) is 10.9. The second-order valence-corrected chi connectivity index (χ2v) is 17.4. The maximum Gasteiger partial charge on any atom is 0.326 e. The third-order valence-electron chi connectivity index (χ3n) is 9.35. The summed E-state index contributed by atoms with van der Waals surface area (Å²) in [5.41, 5.74) is 1.19. The van der Waals surface area contributed by atoms with Crippen LogP contribution in [0.15, 0.2) is 60.0 Å². The summed E-state index contributed by atoms with van der Waals surface area (Å²) >= 11 is 2.24. The van der Waals surface area contributed by atoms with Gasteiger partial charge in [0.2, 0.25) is 17.7 Å². The lowest BCUT2D eigenvalue weighted by molar-refractivity contribution is -0.143. The van der Waals surface area contributed by atoms with Crippen molar-refractivity contribution < 1.29 is 81.3 Å². The summed E-state index contributed by atoms with van der Waals surface area (Å²) in [7, 11) is 0. The quantitative estimate of drug-likeness (QED) is 0.0401. The molecule has 0 aliphatic rings. The van der Waals surface area contributed by atoms with Gasteiger partial charge in [0.1, 0.15) is 17.5 Å². The normalized spacial score (nSPS) is 11.3. The van der Waals surface area contributed by atoms with E-state index in [1.807, 2.05) is 30.3 Å². The number of carbonyl (C=O) groups is 7. The van der Waals surface area contributed by atoms with Crippen molar-refractivity contribution in [2.75, 3.05) is 142 Å². The molecule has 74 heavy (non-hydrogen) atoms. The zero-order valence-electron chi connectivity index (χ0n) is 41.6. The van der Waals surface area contributed by atoms with Crippen LogP contribution in [0, 0.1) is 0 Å². The zero-order valence-corrected chi connectivity index (χ0v) is 43.2. The molecular formula is C48H69N7O17S2. The maximum absolute atomic E-state index is 12.7. The van der Waals surface area contributed by atoms with Crippen molar-refractivity contribution in [2.45, 2.75) is 38.8 Å². The van der Waals surface area contributed by atoms with E-state index in [1.54, 1.807) is 24.3 Å². The van der Waals surface area contributed by atoms with Gasteiger partial charge in [0.25, 0.3) is 5.91 Å². The van der Waals surface area contributed by atoms with Gasteiger partial charge in [0, 0.05) is 43.3 Å². The second kappa shape index (κ2) is 40.6. The van der Waals surface area contributed by atoms with Gasteiger partial charge in [-0.05, 0) is 36.2 Å². The summed E-state index contributed by atoms with van der Waals surface area (Å²) in [6.07, 6.45) is 0.131. The second-order valence-electron chi connectivity index (χ2n) is 15.3. The highest BCUT2D eigenvalue weighted by molar-refractivity contribution is 8.13. The van der Waals surface area contributed by atoms with E-state index in [2.05, 4.69) is 36.9 Å². The van der Waals surface area contributed by atoms with Crippen LogP contribution in [0.25, 0.3) is 0 Å². The fraction of sp³-hybridized carbons (Fsp3) is 0.542. The molecule has 0 fully saturated rings. The number of carbonyl (C=O) groups excluding carboxylic acids is 6. The molecule has 24 nitrogen and oxygen atoms in total. The Balaban J connectivity index is 1.09. The third kappa shape index (κ3) is 32.4. The number of aromatic nitrogens is 1. The van der Waals surface area contributed by atoms with Gasteiger partial charge in [-0.25, -0.2) is 14.6 Å². The molecule has 1 heterocycles. The minimum absolute atomic E-state index is 0.0674. The Kier molecular flexibility index (Phi) is 34.2. The lowest BCUT2D eigenvalue weighted by atomic mass is 10.2. The summed E-state index contributed by atoms with van der Waals surface area (Å²) in [5, 5.41) is 26.4. The largest absolute Gasteiger partial charge is 0.494 e. The van der Waals surface area contributed by atoms with Crippen LogP contribution in [-0.2, 0) is 68.4 Å². The van der Waals surface area contributed by atoms with Crippen LogP contribution >= 0.6 is 23.1 Å². The van der Waals surface area contributed by atoms with Crippen LogP contribution in [0.1, 0.15) is 42.2 Å². The van der Waals surface area contributed by atoms with Gasteiger partial charge in [-0.1, -0.05) is 42.1 Å². The summed E-state index contributed by atoms with van der Waals surface area (Å²) in [6, 6.07) is 13.5. The van der Waals surface area contributed by atoms with E-state index < -0.39 is 48.7 Å². The van der Waals surface area contributed by atoms with E-state index >= 15 is 0 Å². The Hall–Kier alpha value is -5.81. The molecule has 7 N–H and O–H groups in total. The minimum Gasteiger partial charge on any atom is -0.494 e. The summed E-state index contributed by atoms with van der Waals surface area (Å²) in [5.74, 6) is -2.73. The molecule has 1 aromatic heterocycles. The number of ether oxygens (including phenoxy) is 9. The van der Waals surface area contributed by atoms with E-state index in [1.165, 1.54) is 24.1 Å². The number of hydrogen-bond acceptors (Lipinski definition) is 19. The summed E-state index contributed by atoms with van der Waals surface area (Å²) < 4.78 is 49.3. The molecule has 1 atom stereocenters.